The minimum atomic E-state index is -0.410. The third kappa shape index (κ3) is 4.99. The molecular formula is C59H49N. The molecule has 1 heterocycles. The summed E-state index contributed by atoms with van der Waals surface area (Å²) in [5.41, 5.74) is 21.9. The second kappa shape index (κ2) is 13.7. The predicted molar refractivity (Wildman–Crippen MR) is 253 cm³/mol. The van der Waals surface area contributed by atoms with Crippen molar-refractivity contribution in [3.8, 4) is 22.3 Å². The Balaban J connectivity index is 1.01. The van der Waals surface area contributed by atoms with E-state index in [9.17, 15) is 0 Å². The van der Waals surface area contributed by atoms with Crippen molar-refractivity contribution in [2.24, 2.45) is 0 Å². The standard InChI is InChI=1S/C59H49N/c1-5-58(6-2)52-38-40(33-36-45(52)46-37-35-44(39-53(46)58)60-54-30-17-15-27-49(54)57(3,4)50-28-16-18-31-55(50)60)32-34-41-20-19-29-51-56(41)47-25-13-14-26-48(47)59(51,42-21-9-7-10-22-42)43-23-11-8-12-24-43/h7-39H,5-6H2,1-4H3/b34-32+. The smallest absolute Gasteiger partial charge is 0.0713 e. The van der Waals surface area contributed by atoms with Crippen LogP contribution in [0.2, 0.25) is 0 Å². The lowest BCUT2D eigenvalue weighted by Crippen LogP contribution is -2.30. The minimum absolute atomic E-state index is 0.0868. The van der Waals surface area contributed by atoms with Crippen LogP contribution >= 0.6 is 0 Å². The van der Waals surface area contributed by atoms with Crippen molar-refractivity contribution in [3.63, 3.8) is 0 Å². The van der Waals surface area contributed by atoms with Gasteiger partial charge in [0.25, 0.3) is 0 Å². The summed E-state index contributed by atoms with van der Waals surface area (Å²) in [6, 6.07) is 70.5. The van der Waals surface area contributed by atoms with Gasteiger partial charge >= 0.3 is 0 Å². The largest absolute Gasteiger partial charge is 0.310 e. The molecule has 0 spiro atoms. The van der Waals surface area contributed by atoms with E-state index in [0.717, 1.165) is 12.8 Å². The Labute approximate surface area is 355 Å². The third-order valence-corrected chi connectivity index (χ3v) is 14.4. The Bertz CT molecular complexity index is 2890. The van der Waals surface area contributed by atoms with Crippen LogP contribution in [0.3, 0.4) is 0 Å². The number of hydrogen-bond acceptors (Lipinski definition) is 1. The first-order chi connectivity index (χ1) is 29.4. The summed E-state index contributed by atoms with van der Waals surface area (Å²) >= 11 is 0. The Morgan fingerprint density at radius 1 is 0.433 bits per heavy atom. The SMILES string of the molecule is CCC1(CC)c2cc(/C=C/c3cccc4c3-c3ccccc3C4(c3ccccc3)c3ccccc3)ccc2-c2ccc(N3c4ccccc4C(C)(C)c4ccccc43)cc21. The number of fused-ring (bicyclic) bond motifs is 8. The van der Waals surface area contributed by atoms with E-state index >= 15 is 0 Å². The van der Waals surface area contributed by atoms with Gasteiger partial charge in [0, 0.05) is 16.5 Å². The second-order valence-electron chi connectivity index (χ2n) is 17.4. The molecule has 0 aromatic heterocycles. The molecule has 1 heteroatoms. The number of nitrogens with zero attached hydrogens (tertiary/aromatic N) is 1. The quantitative estimate of drug-likeness (QED) is 0.146. The number of benzene rings is 8. The number of hydrogen-bond donors (Lipinski definition) is 0. The van der Waals surface area contributed by atoms with E-state index in [1.54, 1.807) is 0 Å². The van der Waals surface area contributed by atoms with Crippen LogP contribution < -0.4 is 4.90 Å². The predicted octanol–water partition coefficient (Wildman–Crippen LogP) is 15.4. The van der Waals surface area contributed by atoms with E-state index in [-0.39, 0.29) is 10.8 Å². The molecule has 8 aromatic carbocycles. The highest BCUT2D eigenvalue weighted by Gasteiger charge is 2.47. The van der Waals surface area contributed by atoms with Gasteiger partial charge in [-0.25, -0.2) is 0 Å². The Morgan fingerprint density at radius 2 is 0.967 bits per heavy atom. The molecule has 290 valence electrons. The van der Waals surface area contributed by atoms with Gasteiger partial charge < -0.3 is 4.90 Å². The summed E-state index contributed by atoms with van der Waals surface area (Å²) in [4.78, 5) is 2.50. The molecule has 11 rings (SSSR count). The van der Waals surface area contributed by atoms with Crippen LogP contribution in [0.15, 0.2) is 188 Å². The number of rotatable bonds is 7. The molecule has 0 unspecified atom stereocenters. The first-order valence-corrected chi connectivity index (χ1v) is 21.7. The van der Waals surface area contributed by atoms with Gasteiger partial charge in [-0.2, -0.15) is 0 Å². The van der Waals surface area contributed by atoms with E-state index in [1.807, 2.05) is 0 Å². The lowest BCUT2D eigenvalue weighted by molar-refractivity contribution is 0.490. The summed E-state index contributed by atoms with van der Waals surface area (Å²) in [6.45, 7) is 9.47. The highest BCUT2D eigenvalue weighted by atomic mass is 15.2. The molecule has 0 N–H and O–H groups in total. The zero-order chi connectivity index (χ0) is 40.6. The molecule has 8 aromatic rings. The monoisotopic (exact) mass is 771 g/mol. The molecular weight excluding hydrogens is 723 g/mol. The summed E-state index contributed by atoms with van der Waals surface area (Å²) in [6.07, 6.45) is 6.77. The number of anilines is 3. The van der Waals surface area contributed by atoms with Crippen LogP contribution in [0.25, 0.3) is 34.4 Å². The first-order valence-electron chi connectivity index (χ1n) is 21.7. The molecule has 2 aliphatic carbocycles. The maximum absolute atomic E-state index is 2.51. The zero-order valence-electron chi connectivity index (χ0n) is 34.9. The van der Waals surface area contributed by atoms with Gasteiger partial charge in [-0.05, 0) is 115 Å². The van der Waals surface area contributed by atoms with Crippen LogP contribution in [-0.2, 0) is 16.2 Å². The van der Waals surface area contributed by atoms with E-state index in [1.165, 1.54) is 95.0 Å². The van der Waals surface area contributed by atoms with Crippen LogP contribution in [0, 0.1) is 0 Å². The van der Waals surface area contributed by atoms with E-state index in [4.69, 9.17) is 0 Å². The molecule has 0 atom stereocenters. The first kappa shape index (κ1) is 36.4. The van der Waals surface area contributed by atoms with Crippen molar-refractivity contribution in [3.05, 3.63) is 244 Å². The zero-order valence-corrected chi connectivity index (χ0v) is 34.9. The second-order valence-corrected chi connectivity index (χ2v) is 17.4. The van der Waals surface area contributed by atoms with Gasteiger partial charge in [0.1, 0.15) is 0 Å². The average Bonchev–Trinajstić information content (AvgIpc) is 3.76. The Morgan fingerprint density at radius 3 is 1.60 bits per heavy atom. The van der Waals surface area contributed by atoms with Crippen molar-refractivity contribution in [2.75, 3.05) is 4.90 Å². The van der Waals surface area contributed by atoms with Crippen LogP contribution in [0.1, 0.15) is 96.2 Å². The molecule has 0 saturated heterocycles. The maximum atomic E-state index is 2.51. The van der Waals surface area contributed by atoms with Gasteiger partial charge in [-0.15, -0.1) is 0 Å². The van der Waals surface area contributed by atoms with Crippen molar-refractivity contribution < 1.29 is 0 Å². The maximum Gasteiger partial charge on any atom is 0.0713 e. The average molecular weight is 772 g/mol. The Hall–Kier alpha value is -6.70. The highest BCUT2D eigenvalue weighted by molar-refractivity contribution is 5.94. The number of para-hydroxylation sites is 2. The van der Waals surface area contributed by atoms with Gasteiger partial charge in [0.2, 0.25) is 0 Å². The van der Waals surface area contributed by atoms with Gasteiger partial charge in [0.15, 0.2) is 0 Å². The lowest BCUT2D eigenvalue weighted by atomic mass is 9.67. The molecule has 0 radical (unpaired) electrons. The molecule has 60 heavy (non-hydrogen) atoms. The summed E-state index contributed by atoms with van der Waals surface area (Å²) in [5.74, 6) is 0. The normalized spacial score (nSPS) is 15.8. The van der Waals surface area contributed by atoms with Gasteiger partial charge in [-0.1, -0.05) is 204 Å². The lowest BCUT2D eigenvalue weighted by Gasteiger charge is -2.42. The topological polar surface area (TPSA) is 3.24 Å². The van der Waals surface area contributed by atoms with Crippen molar-refractivity contribution >= 4 is 29.2 Å². The summed E-state index contributed by atoms with van der Waals surface area (Å²) in [7, 11) is 0. The molecule has 0 saturated carbocycles. The molecule has 3 aliphatic rings. The van der Waals surface area contributed by atoms with Crippen LogP contribution in [0.5, 0.6) is 0 Å². The third-order valence-electron chi connectivity index (χ3n) is 14.4. The highest BCUT2D eigenvalue weighted by Crippen LogP contribution is 2.59. The fourth-order valence-electron chi connectivity index (χ4n) is 11.5. The van der Waals surface area contributed by atoms with E-state index in [2.05, 4.69) is 233 Å². The van der Waals surface area contributed by atoms with Crippen molar-refractivity contribution in [1.29, 1.82) is 0 Å². The van der Waals surface area contributed by atoms with Gasteiger partial charge in [-0.3, -0.25) is 0 Å². The molecule has 0 fully saturated rings. The molecule has 1 aliphatic heterocycles. The fourth-order valence-corrected chi connectivity index (χ4v) is 11.5. The van der Waals surface area contributed by atoms with E-state index in [0.29, 0.717) is 0 Å². The van der Waals surface area contributed by atoms with Crippen LogP contribution in [-0.4, -0.2) is 0 Å². The van der Waals surface area contributed by atoms with Crippen LogP contribution in [0.4, 0.5) is 17.1 Å². The summed E-state index contributed by atoms with van der Waals surface area (Å²) < 4.78 is 0. The summed E-state index contributed by atoms with van der Waals surface area (Å²) in [5, 5.41) is 0. The van der Waals surface area contributed by atoms with Crippen molar-refractivity contribution in [1.82, 2.24) is 0 Å². The molecule has 0 amide bonds. The Kier molecular flexibility index (Phi) is 8.30. The molecule has 1 nitrogen and oxygen atoms in total. The fraction of sp³-hybridized carbons (Fsp3) is 0.153. The van der Waals surface area contributed by atoms with Gasteiger partial charge in [0.05, 0.1) is 16.8 Å². The minimum Gasteiger partial charge on any atom is -0.310 e. The van der Waals surface area contributed by atoms with Crippen molar-refractivity contribution in [2.45, 2.75) is 56.8 Å². The van der Waals surface area contributed by atoms with E-state index < -0.39 is 5.41 Å². The molecule has 0 bridgehead atoms.